The van der Waals surface area contributed by atoms with Crippen LogP contribution in [0.3, 0.4) is 0 Å². The van der Waals surface area contributed by atoms with Crippen molar-refractivity contribution >= 4 is 28.1 Å². The number of hydrogen-bond acceptors (Lipinski definition) is 4. The minimum atomic E-state index is -0.238. The second-order valence-corrected chi connectivity index (χ2v) is 8.04. The van der Waals surface area contributed by atoms with Crippen molar-refractivity contribution in [3.8, 4) is 22.6 Å². The smallest absolute Gasteiger partial charge is 0.248 e. The summed E-state index contributed by atoms with van der Waals surface area (Å²) in [5.74, 6) is 1.08. The van der Waals surface area contributed by atoms with Gasteiger partial charge in [-0.15, -0.1) is 0 Å². The number of aryl methyl sites for hydroxylation is 1. The second kappa shape index (κ2) is 10.3. The van der Waals surface area contributed by atoms with Crippen LogP contribution in [0.25, 0.3) is 27.7 Å². The molecule has 0 unspecified atom stereocenters. The molecule has 0 atom stereocenters. The number of amides is 1. The molecule has 4 rings (SSSR count). The van der Waals surface area contributed by atoms with Crippen LogP contribution in [-0.4, -0.2) is 19.1 Å². The Morgan fingerprint density at radius 3 is 2.41 bits per heavy atom. The van der Waals surface area contributed by atoms with Gasteiger partial charge in [-0.05, 0) is 57.0 Å². The van der Waals surface area contributed by atoms with Gasteiger partial charge < -0.3 is 19.2 Å². The number of furan rings is 1. The molecule has 1 amide bonds. The zero-order chi connectivity index (χ0) is 24.1. The lowest BCUT2D eigenvalue weighted by Crippen LogP contribution is -2.10. The van der Waals surface area contributed by atoms with Gasteiger partial charge in [0.05, 0.1) is 25.2 Å². The molecule has 0 saturated carbocycles. The van der Waals surface area contributed by atoms with Crippen LogP contribution in [0.4, 0.5) is 5.69 Å². The maximum atomic E-state index is 12.9. The Bertz CT molecular complexity index is 1330. The highest BCUT2D eigenvalue weighted by Gasteiger charge is 2.16. The number of para-hydroxylation sites is 2. The van der Waals surface area contributed by atoms with E-state index in [2.05, 4.69) is 36.5 Å². The van der Waals surface area contributed by atoms with E-state index in [0.29, 0.717) is 30.4 Å². The summed E-state index contributed by atoms with van der Waals surface area (Å²) in [6.45, 7) is 8.84. The number of benzene rings is 3. The topological polar surface area (TPSA) is 60.7 Å². The van der Waals surface area contributed by atoms with E-state index in [-0.39, 0.29) is 5.91 Å². The van der Waals surface area contributed by atoms with E-state index in [4.69, 9.17) is 13.9 Å². The van der Waals surface area contributed by atoms with Crippen molar-refractivity contribution < 1.29 is 18.7 Å². The minimum Gasteiger partial charge on any atom is -0.493 e. The third kappa shape index (κ3) is 4.99. The largest absolute Gasteiger partial charge is 0.493 e. The summed E-state index contributed by atoms with van der Waals surface area (Å²) in [6, 6.07) is 19.7. The van der Waals surface area contributed by atoms with E-state index in [1.165, 1.54) is 5.56 Å². The fraction of sp³-hybridized carbons (Fsp3) is 0.207. The number of hydrogen-bond donors (Lipinski definition) is 1. The Morgan fingerprint density at radius 1 is 0.971 bits per heavy atom. The van der Waals surface area contributed by atoms with Gasteiger partial charge in [0, 0.05) is 28.7 Å². The van der Waals surface area contributed by atoms with Crippen LogP contribution in [0.1, 0.15) is 31.9 Å². The lowest BCUT2D eigenvalue weighted by Gasteiger charge is -2.13. The summed E-state index contributed by atoms with van der Waals surface area (Å²) in [7, 11) is 0. The number of anilines is 1. The van der Waals surface area contributed by atoms with Crippen LogP contribution in [0, 0.1) is 6.92 Å². The van der Waals surface area contributed by atoms with Crippen molar-refractivity contribution in [2.45, 2.75) is 27.7 Å². The summed E-state index contributed by atoms with van der Waals surface area (Å²) in [4.78, 5) is 12.9. The Kier molecular flexibility index (Phi) is 7.02. The Balaban J connectivity index is 1.70. The van der Waals surface area contributed by atoms with Crippen LogP contribution in [-0.2, 0) is 4.79 Å². The highest BCUT2D eigenvalue weighted by Crippen LogP contribution is 2.37. The predicted octanol–water partition coefficient (Wildman–Crippen LogP) is 7.25. The summed E-state index contributed by atoms with van der Waals surface area (Å²) >= 11 is 0. The molecular weight excluding hydrogens is 426 g/mol. The molecule has 5 nitrogen and oxygen atoms in total. The normalized spacial score (nSPS) is 11.5. The molecule has 5 heteroatoms. The predicted molar refractivity (Wildman–Crippen MR) is 137 cm³/mol. The van der Waals surface area contributed by atoms with Crippen molar-refractivity contribution in [1.29, 1.82) is 0 Å². The first-order valence-corrected chi connectivity index (χ1v) is 11.5. The van der Waals surface area contributed by atoms with Crippen molar-refractivity contribution in [3.63, 3.8) is 0 Å². The molecule has 0 aliphatic carbocycles. The van der Waals surface area contributed by atoms with Gasteiger partial charge in [-0.1, -0.05) is 42.0 Å². The maximum absolute atomic E-state index is 12.9. The van der Waals surface area contributed by atoms with Crippen molar-refractivity contribution in [3.05, 3.63) is 84.1 Å². The standard InChI is InChI=1S/C29H29NO4/c1-5-32-26-10-8-7-9-25(26)30-29(31)15-20(4)22-16-23-24(21-13-11-19(3)12-14-21)18-34-28(23)17-27(22)33-6-2/h7-18H,5-6H2,1-4H3,(H,30,31)/b20-15+. The van der Waals surface area contributed by atoms with Crippen LogP contribution in [0.15, 0.2) is 77.4 Å². The first-order valence-electron chi connectivity index (χ1n) is 11.5. The Morgan fingerprint density at radius 2 is 1.68 bits per heavy atom. The van der Waals surface area contributed by atoms with E-state index in [9.17, 15) is 4.79 Å². The van der Waals surface area contributed by atoms with Crippen LogP contribution < -0.4 is 14.8 Å². The zero-order valence-corrected chi connectivity index (χ0v) is 20.0. The third-order valence-corrected chi connectivity index (χ3v) is 5.56. The van der Waals surface area contributed by atoms with Gasteiger partial charge in [-0.3, -0.25) is 4.79 Å². The molecule has 4 aromatic rings. The molecule has 1 aromatic heterocycles. The molecule has 0 aliphatic rings. The van der Waals surface area contributed by atoms with E-state index < -0.39 is 0 Å². The average molecular weight is 456 g/mol. The van der Waals surface area contributed by atoms with E-state index in [1.807, 2.05) is 57.2 Å². The summed E-state index contributed by atoms with van der Waals surface area (Å²) < 4.78 is 17.4. The van der Waals surface area contributed by atoms with E-state index in [0.717, 1.165) is 33.2 Å². The molecule has 0 bridgehead atoms. The summed E-state index contributed by atoms with van der Waals surface area (Å²) in [5, 5.41) is 3.89. The quantitative estimate of drug-likeness (QED) is 0.284. The fourth-order valence-corrected chi connectivity index (χ4v) is 3.89. The Hall–Kier alpha value is -3.99. The number of allylic oxidation sites excluding steroid dienone is 1. The molecule has 0 spiro atoms. The van der Waals surface area contributed by atoms with Crippen LogP contribution in [0.2, 0.25) is 0 Å². The number of ether oxygens (including phenoxy) is 2. The molecular formula is C29H29NO4. The van der Waals surface area contributed by atoms with Gasteiger partial charge in [-0.2, -0.15) is 0 Å². The van der Waals surface area contributed by atoms with Gasteiger partial charge in [0.1, 0.15) is 17.1 Å². The Labute approximate surface area is 200 Å². The van der Waals surface area contributed by atoms with Crippen molar-refractivity contribution in [2.75, 3.05) is 18.5 Å². The lowest BCUT2D eigenvalue weighted by molar-refractivity contribution is -0.111. The van der Waals surface area contributed by atoms with Crippen LogP contribution >= 0.6 is 0 Å². The van der Waals surface area contributed by atoms with Crippen LogP contribution in [0.5, 0.6) is 11.5 Å². The molecule has 0 fully saturated rings. The molecule has 1 heterocycles. The SMILES string of the molecule is CCOc1ccccc1NC(=O)/C=C(\C)c1cc2c(-c3ccc(C)cc3)coc2cc1OCC. The van der Waals surface area contributed by atoms with Gasteiger partial charge in [0.2, 0.25) is 5.91 Å². The van der Waals surface area contributed by atoms with Gasteiger partial charge >= 0.3 is 0 Å². The van der Waals surface area contributed by atoms with E-state index >= 15 is 0 Å². The lowest BCUT2D eigenvalue weighted by atomic mass is 9.98. The minimum absolute atomic E-state index is 0.238. The van der Waals surface area contributed by atoms with Gasteiger partial charge in [0.25, 0.3) is 0 Å². The molecule has 34 heavy (non-hydrogen) atoms. The highest BCUT2D eigenvalue weighted by molar-refractivity contribution is 6.06. The number of carbonyl (C=O) groups excluding carboxylic acids is 1. The molecule has 1 N–H and O–H groups in total. The fourth-order valence-electron chi connectivity index (χ4n) is 3.89. The van der Waals surface area contributed by atoms with Gasteiger partial charge in [-0.25, -0.2) is 0 Å². The van der Waals surface area contributed by atoms with E-state index in [1.54, 1.807) is 12.3 Å². The second-order valence-electron chi connectivity index (χ2n) is 8.04. The molecule has 0 aliphatic heterocycles. The maximum Gasteiger partial charge on any atom is 0.248 e. The molecule has 0 saturated heterocycles. The monoisotopic (exact) mass is 455 g/mol. The van der Waals surface area contributed by atoms with Gasteiger partial charge in [0.15, 0.2) is 0 Å². The molecule has 3 aromatic carbocycles. The summed E-state index contributed by atoms with van der Waals surface area (Å²) in [6.07, 6.45) is 3.35. The third-order valence-electron chi connectivity index (χ3n) is 5.56. The zero-order valence-electron chi connectivity index (χ0n) is 20.0. The number of nitrogens with one attached hydrogen (secondary N) is 1. The molecule has 0 radical (unpaired) electrons. The van der Waals surface area contributed by atoms with Crippen molar-refractivity contribution in [1.82, 2.24) is 0 Å². The number of rotatable bonds is 8. The highest BCUT2D eigenvalue weighted by atomic mass is 16.5. The first-order chi connectivity index (χ1) is 16.5. The van der Waals surface area contributed by atoms with Crippen molar-refractivity contribution in [2.24, 2.45) is 0 Å². The number of fused-ring (bicyclic) bond motifs is 1. The number of carbonyl (C=O) groups is 1. The average Bonchev–Trinajstić information content (AvgIpc) is 3.23. The first kappa shape index (κ1) is 23.2. The molecule has 174 valence electrons. The summed E-state index contributed by atoms with van der Waals surface area (Å²) in [5.41, 5.74) is 6.28.